The number of rotatable bonds is 5. The number of allylic oxidation sites excluding steroid dienone is 1. The van der Waals surface area contributed by atoms with Gasteiger partial charge in [0.25, 0.3) is 5.91 Å². The zero-order valence-corrected chi connectivity index (χ0v) is 17.2. The number of hydrogen-bond acceptors (Lipinski definition) is 4. The van der Waals surface area contributed by atoms with E-state index in [0.29, 0.717) is 22.1 Å². The van der Waals surface area contributed by atoms with Crippen LogP contribution in [0.4, 0.5) is 11.4 Å². The van der Waals surface area contributed by atoms with Crippen molar-refractivity contribution in [2.45, 2.75) is 13.0 Å². The first kappa shape index (κ1) is 19.7. The Morgan fingerprint density at radius 2 is 1.82 bits per heavy atom. The molecule has 0 aromatic heterocycles. The third-order valence-corrected chi connectivity index (χ3v) is 4.83. The van der Waals surface area contributed by atoms with E-state index in [1.165, 1.54) is 0 Å². The van der Waals surface area contributed by atoms with Crippen molar-refractivity contribution >= 4 is 34.6 Å². The lowest BCUT2D eigenvalue weighted by molar-refractivity contribution is -0.113. The molecular weight excluding hydrogens is 372 g/mol. The number of methoxy groups -OCH3 is 1. The van der Waals surface area contributed by atoms with Crippen LogP contribution in [0.3, 0.4) is 0 Å². The Kier molecular flexibility index (Phi) is 5.84. The molecule has 3 N–H and O–H groups in total. The predicted molar refractivity (Wildman–Crippen MR) is 117 cm³/mol. The molecule has 1 amide bonds. The summed E-state index contributed by atoms with van der Waals surface area (Å²) in [5, 5.41) is 9.71. The fourth-order valence-electron chi connectivity index (χ4n) is 3.15. The van der Waals surface area contributed by atoms with Crippen LogP contribution in [0.1, 0.15) is 18.5 Å². The second-order valence-corrected chi connectivity index (χ2v) is 7.12. The summed E-state index contributed by atoms with van der Waals surface area (Å²) in [5.74, 6) is 0.388. The van der Waals surface area contributed by atoms with Crippen LogP contribution < -0.4 is 25.6 Å². The smallest absolute Gasteiger partial charge is 0.255 e. The molecule has 0 saturated carbocycles. The van der Waals surface area contributed by atoms with E-state index in [1.54, 1.807) is 13.2 Å². The predicted octanol–water partition coefficient (Wildman–Crippen LogP) is 3.19. The van der Waals surface area contributed by atoms with Gasteiger partial charge < -0.3 is 25.6 Å². The number of anilines is 2. The summed E-state index contributed by atoms with van der Waals surface area (Å²) in [6.45, 7) is 1.85. The monoisotopic (exact) mass is 396 g/mol. The summed E-state index contributed by atoms with van der Waals surface area (Å²) in [6, 6.07) is 15.0. The van der Waals surface area contributed by atoms with Crippen LogP contribution in [0.25, 0.3) is 0 Å². The van der Waals surface area contributed by atoms with Crippen molar-refractivity contribution < 1.29 is 9.53 Å². The van der Waals surface area contributed by atoms with Crippen LogP contribution in [0, 0.1) is 0 Å². The summed E-state index contributed by atoms with van der Waals surface area (Å²) in [7, 11) is 5.55. The van der Waals surface area contributed by atoms with Gasteiger partial charge in [-0.15, -0.1) is 0 Å². The molecule has 2 aromatic carbocycles. The first-order chi connectivity index (χ1) is 13.4. The SMILES string of the molecule is COc1ccccc1NC(=O)C1=C(C)NC(=S)NC1c1ccc(N(C)C)cc1. The molecule has 1 unspecified atom stereocenters. The van der Waals surface area contributed by atoms with Crippen molar-refractivity contribution in [1.82, 2.24) is 10.6 Å². The first-order valence-electron chi connectivity index (χ1n) is 8.90. The number of carbonyl (C=O) groups excluding carboxylic acids is 1. The highest BCUT2D eigenvalue weighted by Gasteiger charge is 2.30. The average Bonchev–Trinajstić information content (AvgIpc) is 2.67. The van der Waals surface area contributed by atoms with Crippen molar-refractivity contribution in [3.05, 3.63) is 65.4 Å². The van der Waals surface area contributed by atoms with E-state index in [-0.39, 0.29) is 11.9 Å². The number of para-hydroxylation sites is 2. The van der Waals surface area contributed by atoms with Gasteiger partial charge in [0, 0.05) is 25.5 Å². The zero-order chi connectivity index (χ0) is 20.3. The van der Waals surface area contributed by atoms with Gasteiger partial charge in [0.1, 0.15) is 5.75 Å². The molecule has 2 aromatic rings. The maximum absolute atomic E-state index is 13.2. The Bertz CT molecular complexity index is 922. The maximum Gasteiger partial charge on any atom is 0.255 e. The molecule has 1 heterocycles. The van der Waals surface area contributed by atoms with Crippen molar-refractivity contribution in [3.63, 3.8) is 0 Å². The van der Waals surface area contributed by atoms with Gasteiger partial charge in [-0.05, 0) is 49.0 Å². The van der Waals surface area contributed by atoms with Crippen LogP contribution >= 0.6 is 12.2 Å². The highest BCUT2D eigenvalue weighted by Crippen LogP contribution is 2.30. The molecule has 3 rings (SSSR count). The van der Waals surface area contributed by atoms with E-state index in [9.17, 15) is 4.79 Å². The molecule has 7 heteroatoms. The minimum Gasteiger partial charge on any atom is -0.495 e. The largest absolute Gasteiger partial charge is 0.495 e. The van der Waals surface area contributed by atoms with Crippen LogP contribution in [-0.4, -0.2) is 32.2 Å². The molecule has 146 valence electrons. The number of nitrogens with one attached hydrogen (secondary N) is 3. The molecule has 0 aliphatic carbocycles. The fraction of sp³-hybridized carbons (Fsp3) is 0.238. The third kappa shape index (κ3) is 4.09. The van der Waals surface area contributed by atoms with Gasteiger partial charge in [0.05, 0.1) is 24.4 Å². The molecule has 0 spiro atoms. The second kappa shape index (κ2) is 8.31. The van der Waals surface area contributed by atoms with Gasteiger partial charge in [-0.1, -0.05) is 24.3 Å². The quantitative estimate of drug-likeness (QED) is 0.675. The molecule has 1 aliphatic heterocycles. The van der Waals surface area contributed by atoms with Crippen LogP contribution in [0.15, 0.2) is 59.8 Å². The molecule has 0 fully saturated rings. The van der Waals surface area contributed by atoms with E-state index in [1.807, 2.05) is 68.4 Å². The summed E-state index contributed by atoms with van der Waals surface area (Å²) in [4.78, 5) is 15.2. The molecule has 1 atom stereocenters. The van der Waals surface area contributed by atoms with Crippen molar-refractivity contribution in [2.24, 2.45) is 0 Å². The highest BCUT2D eigenvalue weighted by atomic mass is 32.1. The van der Waals surface area contributed by atoms with Gasteiger partial charge in [-0.25, -0.2) is 0 Å². The maximum atomic E-state index is 13.2. The Morgan fingerprint density at radius 3 is 2.46 bits per heavy atom. The zero-order valence-electron chi connectivity index (χ0n) is 16.4. The average molecular weight is 397 g/mol. The lowest BCUT2D eigenvalue weighted by Crippen LogP contribution is -2.45. The molecule has 0 saturated heterocycles. The summed E-state index contributed by atoms with van der Waals surface area (Å²) in [6.07, 6.45) is 0. The highest BCUT2D eigenvalue weighted by molar-refractivity contribution is 7.80. The third-order valence-electron chi connectivity index (χ3n) is 4.61. The van der Waals surface area contributed by atoms with E-state index in [0.717, 1.165) is 16.9 Å². The Balaban J connectivity index is 1.94. The lowest BCUT2D eigenvalue weighted by atomic mass is 9.94. The Hall–Kier alpha value is -3.06. The van der Waals surface area contributed by atoms with Crippen molar-refractivity contribution in [2.75, 3.05) is 31.4 Å². The van der Waals surface area contributed by atoms with Gasteiger partial charge in [0.15, 0.2) is 5.11 Å². The van der Waals surface area contributed by atoms with Crippen molar-refractivity contribution in [3.8, 4) is 5.75 Å². The Labute approximate surface area is 170 Å². The molecule has 0 bridgehead atoms. The van der Waals surface area contributed by atoms with Gasteiger partial charge in [-0.2, -0.15) is 0 Å². The van der Waals surface area contributed by atoms with E-state index in [2.05, 4.69) is 16.0 Å². The topological polar surface area (TPSA) is 65.6 Å². The number of nitrogens with zero attached hydrogens (tertiary/aromatic N) is 1. The number of ether oxygens (including phenoxy) is 1. The fourth-order valence-corrected chi connectivity index (χ4v) is 3.42. The molecule has 28 heavy (non-hydrogen) atoms. The van der Waals surface area contributed by atoms with Crippen LogP contribution in [0.2, 0.25) is 0 Å². The number of amides is 1. The van der Waals surface area contributed by atoms with Gasteiger partial charge in [-0.3, -0.25) is 4.79 Å². The van der Waals surface area contributed by atoms with Gasteiger partial charge in [0.2, 0.25) is 0 Å². The molecule has 1 aliphatic rings. The van der Waals surface area contributed by atoms with Gasteiger partial charge >= 0.3 is 0 Å². The standard InChI is InChI=1S/C21H24N4O2S/c1-13-18(20(26)23-16-7-5-6-8-17(16)27-4)19(24-21(28)22-13)14-9-11-15(12-10-14)25(2)3/h5-12,19H,1-4H3,(H,23,26)(H2,22,24,28). The molecular formula is C21H24N4O2S. The number of benzene rings is 2. The minimum absolute atomic E-state index is 0.216. The number of thiocarbonyl (C=S) groups is 1. The second-order valence-electron chi connectivity index (χ2n) is 6.71. The normalized spacial score (nSPS) is 16.1. The first-order valence-corrected chi connectivity index (χ1v) is 9.31. The van der Waals surface area contributed by atoms with Crippen molar-refractivity contribution in [1.29, 1.82) is 0 Å². The minimum atomic E-state index is -0.348. The number of hydrogen-bond donors (Lipinski definition) is 3. The van der Waals surface area contributed by atoms with E-state index < -0.39 is 0 Å². The lowest BCUT2D eigenvalue weighted by Gasteiger charge is -2.30. The van der Waals surface area contributed by atoms with E-state index in [4.69, 9.17) is 17.0 Å². The molecule has 0 radical (unpaired) electrons. The van der Waals surface area contributed by atoms with E-state index >= 15 is 0 Å². The van der Waals surface area contributed by atoms with Crippen LogP contribution in [0.5, 0.6) is 5.75 Å². The summed E-state index contributed by atoms with van der Waals surface area (Å²) < 4.78 is 5.34. The summed E-state index contributed by atoms with van der Waals surface area (Å²) >= 11 is 5.32. The van der Waals surface area contributed by atoms with Crippen LogP contribution in [-0.2, 0) is 4.79 Å². The number of carbonyl (C=O) groups is 1. The summed E-state index contributed by atoms with van der Waals surface area (Å²) in [5.41, 5.74) is 3.96. The Morgan fingerprint density at radius 1 is 1.14 bits per heavy atom. The molecule has 6 nitrogen and oxygen atoms in total.